The van der Waals surface area contributed by atoms with Gasteiger partial charge < -0.3 is 25.0 Å². The molecule has 2 saturated heterocycles. The predicted molar refractivity (Wildman–Crippen MR) is 120 cm³/mol. The Balaban J connectivity index is 1.42. The van der Waals surface area contributed by atoms with E-state index in [1.54, 1.807) is 6.20 Å². The van der Waals surface area contributed by atoms with Gasteiger partial charge in [0.25, 0.3) is 0 Å². The molecular formula is C23H31N5O3. The van der Waals surface area contributed by atoms with Crippen LogP contribution < -0.4 is 15.5 Å². The molecule has 2 aliphatic heterocycles. The fourth-order valence-corrected chi connectivity index (χ4v) is 3.82. The fraction of sp³-hybridized carbons (Fsp3) is 0.522. The number of carbonyl (C=O) groups excluding carboxylic acids is 1. The highest BCUT2D eigenvalue weighted by Crippen LogP contribution is 2.30. The Morgan fingerprint density at radius 2 is 1.68 bits per heavy atom. The van der Waals surface area contributed by atoms with E-state index in [2.05, 4.69) is 49.8 Å². The van der Waals surface area contributed by atoms with Crippen LogP contribution in [-0.2, 0) is 14.3 Å². The number of ether oxygens (including phenoxy) is 2. The van der Waals surface area contributed by atoms with Crippen LogP contribution in [0.4, 0.5) is 11.6 Å². The molecule has 0 bridgehead atoms. The quantitative estimate of drug-likeness (QED) is 0.760. The lowest BCUT2D eigenvalue weighted by molar-refractivity contribution is -0.129. The summed E-state index contributed by atoms with van der Waals surface area (Å²) in [6, 6.07) is 9.92. The average molecular weight is 426 g/mol. The Morgan fingerprint density at radius 1 is 1.03 bits per heavy atom. The van der Waals surface area contributed by atoms with Crippen molar-refractivity contribution in [2.75, 3.05) is 37.5 Å². The van der Waals surface area contributed by atoms with E-state index >= 15 is 0 Å². The van der Waals surface area contributed by atoms with Gasteiger partial charge in [-0.15, -0.1) is 0 Å². The van der Waals surface area contributed by atoms with Crippen molar-refractivity contribution in [2.45, 2.75) is 45.1 Å². The van der Waals surface area contributed by atoms with Crippen LogP contribution in [0, 0.1) is 5.41 Å². The summed E-state index contributed by atoms with van der Waals surface area (Å²) in [4.78, 5) is 23.5. The SMILES string of the molecule is CN(C)c1ccc(-c2ccnc(N[C@H]3CO[C@H]4[C@@H]3OC[C@@H]4NC(=O)C(C)(C)C)n2)cc1. The van der Waals surface area contributed by atoms with E-state index < -0.39 is 5.41 Å². The summed E-state index contributed by atoms with van der Waals surface area (Å²) in [5, 5.41) is 6.43. The summed E-state index contributed by atoms with van der Waals surface area (Å²) in [6.07, 6.45) is 1.42. The smallest absolute Gasteiger partial charge is 0.225 e. The molecule has 0 unspecified atom stereocenters. The molecule has 0 radical (unpaired) electrons. The summed E-state index contributed by atoms with van der Waals surface area (Å²) in [7, 11) is 4.03. The monoisotopic (exact) mass is 425 g/mol. The van der Waals surface area contributed by atoms with Gasteiger partial charge in [0.1, 0.15) is 12.2 Å². The topological polar surface area (TPSA) is 88.6 Å². The zero-order valence-electron chi connectivity index (χ0n) is 18.8. The number of hydrogen-bond donors (Lipinski definition) is 2. The number of rotatable bonds is 5. The molecular weight excluding hydrogens is 394 g/mol. The Kier molecular flexibility index (Phi) is 5.85. The molecule has 4 atom stereocenters. The van der Waals surface area contributed by atoms with E-state index in [1.165, 1.54) is 0 Å². The van der Waals surface area contributed by atoms with Crippen LogP contribution in [0.2, 0.25) is 0 Å². The van der Waals surface area contributed by atoms with Crippen molar-refractivity contribution in [3.05, 3.63) is 36.5 Å². The molecule has 1 aromatic carbocycles. The van der Waals surface area contributed by atoms with Gasteiger partial charge in [-0.3, -0.25) is 4.79 Å². The maximum absolute atomic E-state index is 12.4. The molecule has 1 aromatic heterocycles. The third kappa shape index (κ3) is 4.65. The number of aromatic nitrogens is 2. The predicted octanol–water partition coefficient (Wildman–Crippen LogP) is 2.32. The highest BCUT2D eigenvalue weighted by atomic mass is 16.6. The first-order valence-corrected chi connectivity index (χ1v) is 10.6. The first kappa shape index (κ1) is 21.5. The molecule has 2 aromatic rings. The number of fused-ring (bicyclic) bond motifs is 1. The van der Waals surface area contributed by atoms with Crippen molar-refractivity contribution >= 4 is 17.5 Å². The number of amides is 1. The Hall–Kier alpha value is -2.71. The van der Waals surface area contributed by atoms with Crippen molar-refractivity contribution in [3.8, 4) is 11.3 Å². The van der Waals surface area contributed by atoms with Gasteiger partial charge >= 0.3 is 0 Å². The van der Waals surface area contributed by atoms with E-state index in [0.717, 1.165) is 16.9 Å². The standard InChI is InChI=1S/C23H31N5O3/c1-23(2,3)21(29)25-17-12-30-20-18(13-31-19(17)20)27-22-24-11-10-16(26-22)14-6-8-15(9-7-14)28(4)5/h6-11,17-20H,12-13H2,1-5H3,(H,25,29)(H,24,26,27)/t17-,18-,19+,20+/m0/s1. The minimum absolute atomic E-state index is 0.00178. The second-order valence-corrected chi connectivity index (χ2v) is 9.38. The van der Waals surface area contributed by atoms with Gasteiger partial charge in [0.15, 0.2) is 0 Å². The molecule has 8 heteroatoms. The second kappa shape index (κ2) is 8.43. The molecule has 8 nitrogen and oxygen atoms in total. The third-order valence-corrected chi connectivity index (χ3v) is 5.70. The zero-order chi connectivity index (χ0) is 22.2. The molecule has 31 heavy (non-hydrogen) atoms. The molecule has 0 saturated carbocycles. The van der Waals surface area contributed by atoms with Crippen LogP contribution in [0.5, 0.6) is 0 Å². The van der Waals surface area contributed by atoms with Gasteiger partial charge in [-0.05, 0) is 18.2 Å². The summed E-state index contributed by atoms with van der Waals surface area (Å²) in [5.41, 5.74) is 2.56. The van der Waals surface area contributed by atoms with Gasteiger partial charge in [0.2, 0.25) is 11.9 Å². The molecule has 1 amide bonds. The number of nitrogens with one attached hydrogen (secondary N) is 2. The van der Waals surface area contributed by atoms with Gasteiger partial charge in [-0.2, -0.15) is 0 Å². The maximum atomic E-state index is 12.4. The van der Waals surface area contributed by atoms with E-state index in [4.69, 9.17) is 9.47 Å². The number of nitrogens with zero attached hydrogens (tertiary/aromatic N) is 3. The highest BCUT2D eigenvalue weighted by Gasteiger charge is 2.48. The van der Waals surface area contributed by atoms with Crippen LogP contribution in [0.15, 0.2) is 36.5 Å². The van der Waals surface area contributed by atoms with Gasteiger partial charge in [0.05, 0.1) is 31.0 Å². The van der Waals surface area contributed by atoms with Crippen LogP contribution in [0.25, 0.3) is 11.3 Å². The molecule has 0 aliphatic carbocycles. The number of hydrogen-bond acceptors (Lipinski definition) is 7. The summed E-state index contributed by atoms with van der Waals surface area (Å²) in [5.74, 6) is 0.535. The van der Waals surface area contributed by atoms with E-state index in [1.807, 2.05) is 40.9 Å². The van der Waals surface area contributed by atoms with Crippen molar-refractivity contribution in [1.82, 2.24) is 15.3 Å². The molecule has 4 rings (SSSR count). The summed E-state index contributed by atoms with van der Waals surface area (Å²) >= 11 is 0. The maximum Gasteiger partial charge on any atom is 0.225 e. The van der Waals surface area contributed by atoms with Crippen LogP contribution >= 0.6 is 0 Å². The first-order valence-electron chi connectivity index (χ1n) is 10.6. The third-order valence-electron chi connectivity index (χ3n) is 5.70. The summed E-state index contributed by atoms with van der Waals surface area (Å²) < 4.78 is 12.0. The van der Waals surface area contributed by atoms with Crippen molar-refractivity contribution in [1.29, 1.82) is 0 Å². The lowest BCUT2D eigenvalue weighted by Crippen LogP contribution is -2.48. The Morgan fingerprint density at radius 3 is 2.32 bits per heavy atom. The lowest BCUT2D eigenvalue weighted by Gasteiger charge is -2.23. The normalized spacial score (nSPS) is 25.2. The zero-order valence-corrected chi connectivity index (χ0v) is 18.8. The minimum Gasteiger partial charge on any atom is -0.378 e. The minimum atomic E-state index is -0.451. The molecule has 166 valence electrons. The molecule has 3 heterocycles. The van der Waals surface area contributed by atoms with Crippen LogP contribution in [0.1, 0.15) is 20.8 Å². The number of benzene rings is 1. The Labute approximate surface area is 183 Å². The summed E-state index contributed by atoms with van der Waals surface area (Å²) in [6.45, 7) is 6.60. The number of carbonyl (C=O) groups is 1. The van der Waals surface area contributed by atoms with E-state index in [9.17, 15) is 4.79 Å². The molecule has 2 N–H and O–H groups in total. The first-order chi connectivity index (χ1) is 14.7. The van der Waals surface area contributed by atoms with E-state index in [0.29, 0.717) is 19.2 Å². The van der Waals surface area contributed by atoms with E-state index in [-0.39, 0.29) is 30.2 Å². The van der Waals surface area contributed by atoms with Crippen molar-refractivity contribution in [3.63, 3.8) is 0 Å². The van der Waals surface area contributed by atoms with Gasteiger partial charge in [-0.25, -0.2) is 9.97 Å². The van der Waals surface area contributed by atoms with Crippen LogP contribution in [0.3, 0.4) is 0 Å². The van der Waals surface area contributed by atoms with Crippen molar-refractivity contribution in [2.24, 2.45) is 5.41 Å². The highest BCUT2D eigenvalue weighted by molar-refractivity contribution is 5.81. The average Bonchev–Trinajstić information content (AvgIpc) is 3.31. The molecule has 0 spiro atoms. The van der Waals surface area contributed by atoms with Gasteiger partial charge in [0, 0.05) is 37.0 Å². The second-order valence-electron chi connectivity index (χ2n) is 9.38. The fourth-order valence-electron chi connectivity index (χ4n) is 3.82. The van der Waals surface area contributed by atoms with Crippen LogP contribution in [-0.4, -0.2) is 67.5 Å². The lowest BCUT2D eigenvalue weighted by atomic mass is 9.94. The largest absolute Gasteiger partial charge is 0.378 e. The molecule has 2 aliphatic rings. The molecule has 2 fully saturated rings. The number of anilines is 2. The van der Waals surface area contributed by atoms with Crippen molar-refractivity contribution < 1.29 is 14.3 Å². The van der Waals surface area contributed by atoms with Gasteiger partial charge in [-0.1, -0.05) is 32.9 Å². The Bertz CT molecular complexity index is 926.